The molecule has 4 nitrogen and oxygen atoms in total. The molecule has 0 radical (unpaired) electrons. The fraction of sp³-hybridized carbons (Fsp3) is 0.462. The van der Waals surface area contributed by atoms with Crippen LogP contribution in [0.5, 0.6) is 0 Å². The number of nitrogens with zero attached hydrogens (tertiary/aromatic N) is 1. The molecule has 0 atom stereocenters. The highest BCUT2D eigenvalue weighted by Gasteiger charge is 2.10. The molecule has 0 unspecified atom stereocenters. The highest BCUT2D eigenvalue weighted by atomic mass is 32.2. The number of rotatable bonds is 7. The largest absolute Gasteiger partial charge is 0.383 e. The molecule has 104 valence electrons. The van der Waals surface area contributed by atoms with Gasteiger partial charge >= 0.3 is 0 Å². The van der Waals surface area contributed by atoms with Gasteiger partial charge in [0.15, 0.2) is 9.84 Å². The Morgan fingerprint density at radius 1 is 1.37 bits per heavy atom. The van der Waals surface area contributed by atoms with Crippen LogP contribution in [0.2, 0.25) is 0 Å². The van der Waals surface area contributed by atoms with Crippen molar-refractivity contribution in [3.05, 3.63) is 23.8 Å². The van der Waals surface area contributed by atoms with E-state index in [9.17, 15) is 13.7 Å². The summed E-state index contributed by atoms with van der Waals surface area (Å²) in [5, 5.41) is 12.2. The summed E-state index contributed by atoms with van der Waals surface area (Å²) in [6, 6.07) is 7.75. The van der Waals surface area contributed by atoms with E-state index < -0.39 is 9.84 Å². The quantitative estimate of drug-likeness (QED) is 0.783. The number of thioether (sulfide) groups is 1. The molecule has 1 aromatic rings. The maximum Gasteiger partial charge on any atom is 0.151 e. The normalized spacial score (nSPS) is 11.0. The van der Waals surface area contributed by atoms with Crippen molar-refractivity contribution >= 4 is 27.3 Å². The number of sulfone groups is 1. The number of hydrogen-bond donors (Lipinski definition) is 1. The average molecular weight is 298 g/mol. The Hall–Kier alpha value is -1.19. The van der Waals surface area contributed by atoms with E-state index in [2.05, 4.69) is 11.4 Å². The first kappa shape index (κ1) is 15.9. The van der Waals surface area contributed by atoms with E-state index in [-0.39, 0.29) is 11.5 Å². The van der Waals surface area contributed by atoms with Crippen molar-refractivity contribution in [3.63, 3.8) is 0 Å². The van der Waals surface area contributed by atoms with Gasteiger partial charge in [0, 0.05) is 17.2 Å². The highest BCUT2D eigenvalue weighted by molar-refractivity contribution is 7.99. The van der Waals surface area contributed by atoms with Gasteiger partial charge in [0.2, 0.25) is 0 Å². The summed E-state index contributed by atoms with van der Waals surface area (Å²) < 4.78 is 22.8. The lowest BCUT2D eigenvalue weighted by Crippen LogP contribution is -2.17. The third-order valence-electron chi connectivity index (χ3n) is 2.61. The summed E-state index contributed by atoms with van der Waals surface area (Å²) in [4.78, 5) is 0.924. The zero-order valence-electron chi connectivity index (χ0n) is 11.1. The van der Waals surface area contributed by atoms with Gasteiger partial charge in [0.25, 0.3) is 0 Å². The molecule has 19 heavy (non-hydrogen) atoms. The number of nitriles is 1. The molecule has 0 bridgehead atoms. The van der Waals surface area contributed by atoms with Crippen molar-refractivity contribution in [2.45, 2.75) is 18.7 Å². The van der Waals surface area contributed by atoms with Gasteiger partial charge < -0.3 is 5.32 Å². The van der Waals surface area contributed by atoms with Gasteiger partial charge in [-0.15, -0.1) is 11.8 Å². The van der Waals surface area contributed by atoms with Crippen LogP contribution >= 0.6 is 11.8 Å². The molecular formula is C13H18N2O2S2. The van der Waals surface area contributed by atoms with Gasteiger partial charge in [-0.1, -0.05) is 19.9 Å². The molecule has 0 heterocycles. The standard InChI is InChI=1S/C13H18N2O2S2/c1-3-18-13-7-5-6-12(11(13)10-14)15-8-9-19(16,17)4-2/h5-7,15H,3-4,8-9H2,1-2H3. The topological polar surface area (TPSA) is 70.0 Å². The number of benzene rings is 1. The SMILES string of the molecule is CCSc1cccc(NCCS(=O)(=O)CC)c1C#N. The van der Waals surface area contributed by atoms with E-state index in [1.165, 1.54) is 0 Å². The summed E-state index contributed by atoms with van der Waals surface area (Å²) in [6.45, 7) is 3.99. The van der Waals surface area contributed by atoms with Gasteiger partial charge in [-0.25, -0.2) is 8.42 Å². The number of anilines is 1. The lowest BCUT2D eigenvalue weighted by atomic mass is 10.2. The van der Waals surface area contributed by atoms with Crippen LogP contribution in [0.25, 0.3) is 0 Å². The van der Waals surface area contributed by atoms with Crippen LogP contribution in [0.3, 0.4) is 0 Å². The molecule has 0 fully saturated rings. The molecule has 6 heteroatoms. The zero-order chi connectivity index (χ0) is 14.3. The van der Waals surface area contributed by atoms with Crippen LogP contribution in [0, 0.1) is 11.3 Å². The molecule has 1 rings (SSSR count). The zero-order valence-corrected chi connectivity index (χ0v) is 12.8. The first-order valence-corrected chi connectivity index (χ1v) is 8.95. The summed E-state index contributed by atoms with van der Waals surface area (Å²) in [5.41, 5.74) is 1.29. The Balaban J connectivity index is 2.79. The molecule has 0 aliphatic rings. The van der Waals surface area contributed by atoms with Crippen molar-refractivity contribution in [1.82, 2.24) is 0 Å². The van der Waals surface area contributed by atoms with E-state index in [0.29, 0.717) is 17.8 Å². The minimum atomic E-state index is -2.98. The smallest absolute Gasteiger partial charge is 0.151 e. The molecule has 0 aliphatic carbocycles. The fourth-order valence-corrected chi connectivity index (χ4v) is 3.04. The number of nitrogens with one attached hydrogen (secondary N) is 1. The molecule has 1 N–H and O–H groups in total. The van der Waals surface area contributed by atoms with Gasteiger partial charge in [-0.3, -0.25) is 0 Å². The molecular weight excluding hydrogens is 280 g/mol. The Morgan fingerprint density at radius 3 is 2.68 bits per heavy atom. The first-order valence-electron chi connectivity index (χ1n) is 6.14. The van der Waals surface area contributed by atoms with Crippen LogP contribution in [-0.4, -0.2) is 32.2 Å². The van der Waals surface area contributed by atoms with Crippen molar-refractivity contribution in [2.75, 3.05) is 29.1 Å². The van der Waals surface area contributed by atoms with E-state index in [1.807, 2.05) is 19.1 Å². The third-order valence-corrected chi connectivity index (χ3v) is 5.25. The average Bonchev–Trinajstić information content (AvgIpc) is 2.39. The minimum absolute atomic E-state index is 0.0829. The minimum Gasteiger partial charge on any atom is -0.383 e. The Kier molecular flexibility index (Phi) is 6.19. The van der Waals surface area contributed by atoms with E-state index >= 15 is 0 Å². The van der Waals surface area contributed by atoms with Crippen LogP contribution in [0.4, 0.5) is 5.69 Å². The molecule has 0 aliphatic heterocycles. The summed E-state index contributed by atoms with van der Waals surface area (Å²) in [5.74, 6) is 1.12. The lowest BCUT2D eigenvalue weighted by Gasteiger charge is -2.10. The van der Waals surface area contributed by atoms with Crippen LogP contribution in [-0.2, 0) is 9.84 Å². The maximum absolute atomic E-state index is 11.4. The van der Waals surface area contributed by atoms with Gasteiger partial charge in [0.05, 0.1) is 17.0 Å². The molecule has 0 amide bonds. The summed E-state index contributed by atoms with van der Waals surface area (Å²) in [6.07, 6.45) is 0. The summed E-state index contributed by atoms with van der Waals surface area (Å²) in [7, 11) is -2.98. The van der Waals surface area contributed by atoms with Crippen LogP contribution in [0.1, 0.15) is 19.4 Å². The second-order valence-electron chi connectivity index (χ2n) is 3.89. The first-order chi connectivity index (χ1) is 9.04. The fourth-order valence-electron chi connectivity index (χ4n) is 1.56. The van der Waals surface area contributed by atoms with Gasteiger partial charge in [-0.05, 0) is 17.9 Å². The van der Waals surface area contributed by atoms with Crippen LogP contribution < -0.4 is 5.32 Å². The molecule has 0 spiro atoms. The Morgan fingerprint density at radius 2 is 2.11 bits per heavy atom. The monoisotopic (exact) mass is 298 g/mol. The van der Waals surface area contributed by atoms with Gasteiger partial charge in [0.1, 0.15) is 6.07 Å². The van der Waals surface area contributed by atoms with Crippen molar-refractivity contribution < 1.29 is 8.42 Å². The molecule has 0 saturated carbocycles. The Bertz CT molecular complexity index is 562. The predicted molar refractivity (Wildman–Crippen MR) is 80.4 cm³/mol. The number of hydrogen-bond acceptors (Lipinski definition) is 5. The second-order valence-corrected chi connectivity index (χ2v) is 7.67. The lowest BCUT2D eigenvalue weighted by molar-refractivity contribution is 0.597. The molecule has 0 aromatic heterocycles. The summed E-state index contributed by atoms with van der Waals surface area (Å²) >= 11 is 1.60. The Labute approximate surface area is 119 Å². The van der Waals surface area contributed by atoms with E-state index in [0.717, 1.165) is 10.6 Å². The van der Waals surface area contributed by atoms with Crippen molar-refractivity contribution in [1.29, 1.82) is 5.26 Å². The molecule has 0 saturated heterocycles. The van der Waals surface area contributed by atoms with E-state index in [1.54, 1.807) is 24.8 Å². The van der Waals surface area contributed by atoms with E-state index in [4.69, 9.17) is 0 Å². The predicted octanol–water partition coefficient (Wildman–Crippen LogP) is 2.52. The van der Waals surface area contributed by atoms with Crippen molar-refractivity contribution in [3.8, 4) is 6.07 Å². The highest BCUT2D eigenvalue weighted by Crippen LogP contribution is 2.27. The van der Waals surface area contributed by atoms with Gasteiger partial charge in [-0.2, -0.15) is 5.26 Å². The third kappa shape index (κ3) is 4.77. The van der Waals surface area contributed by atoms with Crippen molar-refractivity contribution in [2.24, 2.45) is 0 Å². The maximum atomic E-state index is 11.4. The van der Waals surface area contributed by atoms with Crippen LogP contribution in [0.15, 0.2) is 23.1 Å². The molecule has 1 aromatic carbocycles. The second kappa shape index (κ2) is 7.41.